The molecule has 2 N–H and O–H groups in total. The molecule has 120 valence electrons. The zero-order valence-corrected chi connectivity index (χ0v) is 15.2. The minimum atomic E-state index is -0.240. The van der Waals surface area contributed by atoms with Crippen LogP contribution in [0.5, 0.6) is 0 Å². The minimum absolute atomic E-state index is 0. The van der Waals surface area contributed by atoms with Gasteiger partial charge < -0.3 is 15.4 Å². The summed E-state index contributed by atoms with van der Waals surface area (Å²) in [6, 6.07) is 5.01. The van der Waals surface area contributed by atoms with Crippen LogP contribution in [-0.2, 0) is 17.9 Å². The van der Waals surface area contributed by atoms with Gasteiger partial charge in [0.15, 0.2) is 5.96 Å². The molecule has 0 bridgehead atoms. The Morgan fingerprint density at radius 2 is 2.05 bits per heavy atom. The van der Waals surface area contributed by atoms with Crippen LogP contribution in [0.2, 0.25) is 0 Å². The van der Waals surface area contributed by atoms with Gasteiger partial charge in [0.05, 0.1) is 13.2 Å². The van der Waals surface area contributed by atoms with Gasteiger partial charge in [0.25, 0.3) is 0 Å². The van der Waals surface area contributed by atoms with E-state index in [1.807, 2.05) is 6.92 Å². The van der Waals surface area contributed by atoms with Crippen molar-refractivity contribution in [3.8, 4) is 0 Å². The minimum Gasteiger partial charge on any atom is -0.380 e. The van der Waals surface area contributed by atoms with Crippen LogP contribution in [0.3, 0.4) is 0 Å². The predicted molar refractivity (Wildman–Crippen MR) is 95.6 cm³/mol. The van der Waals surface area contributed by atoms with E-state index < -0.39 is 0 Å². The molecule has 4 nitrogen and oxygen atoms in total. The number of nitrogens with one attached hydrogen (secondary N) is 2. The lowest BCUT2D eigenvalue weighted by atomic mass is 10.1. The second-order valence-electron chi connectivity index (χ2n) is 4.48. The van der Waals surface area contributed by atoms with Crippen molar-refractivity contribution < 1.29 is 9.13 Å². The molecule has 0 aliphatic rings. The first kappa shape index (κ1) is 20.1. The molecule has 0 heterocycles. The number of methoxy groups -OCH3 is 1. The molecular formula is C15H25FIN3O. The van der Waals surface area contributed by atoms with Crippen LogP contribution in [0.15, 0.2) is 23.2 Å². The topological polar surface area (TPSA) is 45.7 Å². The number of hydrogen-bond donors (Lipinski definition) is 2. The second kappa shape index (κ2) is 11.7. The van der Waals surface area contributed by atoms with Crippen LogP contribution in [0.25, 0.3) is 0 Å². The van der Waals surface area contributed by atoms with Crippen molar-refractivity contribution in [1.29, 1.82) is 0 Å². The number of benzene rings is 1. The standard InChI is InChI=1S/C15H24FN3O.HI/c1-4-8-18-15(17-5-2)19-10-12-6-7-14(16)13(9-12)11-20-3;/h6-7,9H,4-5,8,10-11H2,1-3H3,(H2,17,18,19);1H. The normalized spacial score (nSPS) is 11.0. The van der Waals surface area contributed by atoms with Crippen LogP contribution in [-0.4, -0.2) is 26.2 Å². The molecule has 0 spiro atoms. The molecule has 0 aliphatic carbocycles. The highest BCUT2D eigenvalue weighted by atomic mass is 127. The third kappa shape index (κ3) is 7.61. The van der Waals surface area contributed by atoms with E-state index in [0.717, 1.165) is 31.0 Å². The Bertz CT molecular complexity index is 441. The van der Waals surface area contributed by atoms with Crippen molar-refractivity contribution in [3.63, 3.8) is 0 Å². The molecular weight excluding hydrogens is 384 g/mol. The Morgan fingerprint density at radius 1 is 1.29 bits per heavy atom. The van der Waals surface area contributed by atoms with Gasteiger partial charge >= 0.3 is 0 Å². The van der Waals surface area contributed by atoms with E-state index in [-0.39, 0.29) is 36.4 Å². The van der Waals surface area contributed by atoms with Crippen molar-refractivity contribution in [2.24, 2.45) is 4.99 Å². The molecule has 21 heavy (non-hydrogen) atoms. The van der Waals surface area contributed by atoms with Gasteiger partial charge in [-0.15, -0.1) is 24.0 Å². The average molecular weight is 409 g/mol. The van der Waals surface area contributed by atoms with E-state index in [0.29, 0.717) is 12.1 Å². The summed E-state index contributed by atoms with van der Waals surface area (Å²) in [6.45, 7) is 6.61. The molecule has 6 heteroatoms. The third-order valence-electron chi connectivity index (χ3n) is 2.72. The molecule has 0 saturated carbocycles. The fourth-order valence-corrected chi connectivity index (χ4v) is 1.75. The van der Waals surface area contributed by atoms with Crippen LogP contribution in [0, 0.1) is 5.82 Å². The highest BCUT2D eigenvalue weighted by Gasteiger charge is 2.03. The molecule has 0 unspecified atom stereocenters. The predicted octanol–water partition coefficient (Wildman–Crippen LogP) is 3.06. The Hall–Kier alpha value is -0.890. The van der Waals surface area contributed by atoms with Crippen LogP contribution < -0.4 is 10.6 Å². The van der Waals surface area contributed by atoms with Crippen molar-refractivity contribution in [3.05, 3.63) is 35.1 Å². The van der Waals surface area contributed by atoms with Crippen LogP contribution in [0.1, 0.15) is 31.4 Å². The van der Waals surface area contributed by atoms with Crippen molar-refractivity contribution in [2.75, 3.05) is 20.2 Å². The molecule has 0 radical (unpaired) electrons. The van der Waals surface area contributed by atoms with Gasteiger partial charge in [-0.1, -0.05) is 13.0 Å². The van der Waals surface area contributed by atoms with E-state index in [4.69, 9.17) is 4.74 Å². The Balaban J connectivity index is 0.00000400. The van der Waals surface area contributed by atoms with E-state index in [1.165, 1.54) is 6.07 Å². The maximum absolute atomic E-state index is 13.5. The van der Waals surface area contributed by atoms with E-state index in [1.54, 1.807) is 19.2 Å². The molecule has 0 aromatic heterocycles. The van der Waals surface area contributed by atoms with Crippen LogP contribution in [0.4, 0.5) is 4.39 Å². The van der Waals surface area contributed by atoms with Crippen molar-refractivity contribution in [2.45, 2.75) is 33.4 Å². The quantitative estimate of drug-likeness (QED) is 0.414. The highest BCUT2D eigenvalue weighted by molar-refractivity contribution is 14.0. The number of ether oxygens (including phenoxy) is 1. The van der Waals surface area contributed by atoms with Gasteiger partial charge in [-0.3, -0.25) is 0 Å². The van der Waals surface area contributed by atoms with Gasteiger partial charge in [0.1, 0.15) is 5.82 Å². The molecule has 0 atom stereocenters. The fraction of sp³-hybridized carbons (Fsp3) is 0.533. The first-order valence-electron chi connectivity index (χ1n) is 6.99. The summed E-state index contributed by atoms with van der Waals surface area (Å²) in [5, 5.41) is 6.41. The second-order valence-corrected chi connectivity index (χ2v) is 4.48. The maximum Gasteiger partial charge on any atom is 0.191 e. The maximum atomic E-state index is 13.5. The van der Waals surface area contributed by atoms with Crippen LogP contribution >= 0.6 is 24.0 Å². The molecule has 0 aliphatic heterocycles. The zero-order valence-electron chi connectivity index (χ0n) is 12.9. The van der Waals surface area contributed by atoms with E-state index in [9.17, 15) is 4.39 Å². The summed E-state index contributed by atoms with van der Waals surface area (Å²) in [6.07, 6.45) is 1.04. The van der Waals surface area contributed by atoms with E-state index in [2.05, 4.69) is 22.5 Å². The van der Waals surface area contributed by atoms with Crippen molar-refractivity contribution in [1.82, 2.24) is 10.6 Å². The van der Waals surface area contributed by atoms with Crippen molar-refractivity contribution >= 4 is 29.9 Å². The number of guanidine groups is 1. The van der Waals surface area contributed by atoms with Gasteiger partial charge in [0.2, 0.25) is 0 Å². The summed E-state index contributed by atoms with van der Waals surface area (Å²) >= 11 is 0. The lowest BCUT2D eigenvalue weighted by molar-refractivity contribution is 0.181. The SMILES string of the molecule is CCCNC(=NCc1ccc(F)c(COC)c1)NCC.I. The zero-order chi connectivity index (χ0) is 14.8. The number of aliphatic imine (C=N–C) groups is 1. The highest BCUT2D eigenvalue weighted by Crippen LogP contribution is 2.12. The molecule has 1 aromatic rings. The summed E-state index contributed by atoms with van der Waals surface area (Å²) in [5.74, 6) is 0.544. The fourth-order valence-electron chi connectivity index (χ4n) is 1.75. The lowest BCUT2D eigenvalue weighted by Crippen LogP contribution is -2.37. The Kier molecular flexibility index (Phi) is 11.2. The number of hydrogen-bond acceptors (Lipinski definition) is 2. The first-order valence-corrected chi connectivity index (χ1v) is 6.99. The Labute approximate surface area is 143 Å². The smallest absolute Gasteiger partial charge is 0.191 e. The number of nitrogens with zero attached hydrogens (tertiary/aromatic N) is 1. The molecule has 0 saturated heterocycles. The summed E-state index contributed by atoms with van der Waals surface area (Å²) < 4.78 is 18.5. The number of rotatable bonds is 7. The first-order chi connectivity index (χ1) is 9.71. The van der Waals surface area contributed by atoms with E-state index >= 15 is 0 Å². The number of halogens is 2. The lowest BCUT2D eigenvalue weighted by Gasteiger charge is -2.10. The average Bonchev–Trinajstić information content (AvgIpc) is 2.45. The van der Waals surface area contributed by atoms with Gasteiger partial charge in [-0.05, 0) is 31.0 Å². The monoisotopic (exact) mass is 409 g/mol. The molecule has 0 amide bonds. The van der Waals surface area contributed by atoms with Gasteiger partial charge in [-0.25, -0.2) is 9.38 Å². The molecule has 1 rings (SSSR count). The van der Waals surface area contributed by atoms with Gasteiger partial charge in [0, 0.05) is 25.8 Å². The summed E-state index contributed by atoms with van der Waals surface area (Å²) in [7, 11) is 1.56. The third-order valence-corrected chi connectivity index (χ3v) is 2.72. The largest absolute Gasteiger partial charge is 0.380 e. The molecule has 1 aromatic carbocycles. The summed E-state index contributed by atoms with van der Waals surface area (Å²) in [5.41, 5.74) is 1.53. The summed E-state index contributed by atoms with van der Waals surface area (Å²) in [4.78, 5) is 4.48. The van der Waals surface area contributed by atoms with Gasteiger partial charge in [-0.2, -0.15) is 0 Å². The molecule has 0 fully saturated rings. The Morgan fingerprint density at radius 3 is 2.67 bits per heavy atom.